The second kappa shape index (κ2) is 4.03. The Bertz CT molecular complexity index is 572. The minimum absolute atomic E-state index is 0.175. The Morgan fingerprint density at radius 2 is 2.06 bits per heavy atom. The maximum Gasteiger partial charge on any atom is 0.416 e. The summed E-state index contributed by atoms with van der Waals surface area (Å²) in [6.45, 7) is 0. The van der Waals surface area contributed by atoms with Crippen molar-refractivity contribution >= 4 is 27.4 Å². The van der Waals surface area contributed by atoms with E-state index < -0.39 is 17.7 Å². The van der Waals surface area contributed by atoms with Crippen molar-refractivity contribution < 1.29 is 23.1 Å². The van der Waals surface area contributed by atoms with Gasteiger partial charge in [-0.3, -0.25) is 4.79 Å². The van der Waals surface area contributed by atoms with Gasteiger partial charge in [0.05, 0.1) is 12.0 Å². The van der Waals surface area contributed by atoms with Gasteiger partial charge in [-0.2, -0.15) is 13.2 Å². The molecule has 90 valence electrons. The van der Waals surface area contributed by atoms with Crippen molar-refractivity contribution in [3.8, 4) is 0 Å². The molecule has 0 fully saturated rings. The van der Waals surface area contributed by atoms with Gasteiger partial charge < -0.3 is 5.11 Å². The van der Waals surface area contributed by atoms with Gasteiger partial charge in [-0.05, 0) is 28.5 Å². The molecule has 0 saturated heterocycles. The van der Waals surface area contributed by atoms with E-state index in [-0.39, 0.29) is 6.42 Å². The summed E-state index contributed by atoms with van der Waals surface area (Å²) in [5, 5.41) is 10.8. The van der Waals surface area contributed by atoms with E-state index in [1.807, 2.05) is 0 Å². The zero-order chi connectivity index (χ0) is 12.6. The molecule has 0 amide bonds. The number of carboxylic acids is 1. The van der Waals surface area contributed by atoms with Gasteiger partial charge in [0.2, 0.25) is 0 Å². The van der Waals surface area contributed by atoms with Crippen LogP contribution in [-0.2, 0) is 17.4 Å². The number of hydrogen-bond acceptors (Lipinski definition) is 2. The number of rotatable bonds is 2. The van der Waals surface area contributed by atoms with Crippen molar-refractivity contribution in [2.24, 2.45) is 0 Å². The molecule has 6 heteroatoms. The summed E-state index contributed by atoms with van der Waals surface area (Å²) in [6.07, 6.45) is -4.55. The van der Waals surface area contributed by atoms with Crippen molar-refractivity contribution in [2.75, 3.05) is 0 Å². The number of halogens is 3. The highest BCUT2D eigenvalue weighted by Crippen LogP contribution is 2.34. The van der Waals surface area contributed by atoms with Crippen LogP contribution in [0.15, 0.2) is 23.6 Å². The molecular weight excluding hydrogens is 253 g/mol. The lowest BCUT2D eigenvalue weighted by molar-refractivity contribution is -0.138. The van der Waals surface area contributed by atoms with Crippen molar-refractivity contribution in [2.45, 2.75) is 12.6 Å². The Morgan fingerprint density at radius 3 is 2.65 bits per heavy atom. The standard InChI is InChI=1S/C11H7F3O2S/c12-11(13,14)7-1-2-8-6(3-10(15)16)5-17-9(8)4-7/h1-2,4-5H,3H2,(H,15,16). The molecule has 2 nitrogen and oxygen atoms in total. The lowest BCUT2D eigenvalue weighted by Crippen LogP contribution is -2.04. The summed E-state index contributed by atoms with van der Waals surface area (Å²) < 4.78 is 37.8. The fraction of sp³-hybridized carbons (Fsp3) is 0.182. The number of fused-ring (bicyclic) bond motifs is 1. The Labute approximate surface area is 98.3 Å². The first-order valence-corrected chi connectivity index (χ1v) is 5.55. The van der Waals surface area contributed by atoms with E-state index in [1.165, 1.54) is 6.07 Å². The van der Waals surface area contributed by atoms with Crippen LogP contribution >= 0.6 is 11.3 Å². The van der Waals surface area contributed by atoms with Crippen LogP contribution in [0.25, 0.3) is 10.1 Å². The molecule has 1 aromatic heterocycles. The van der Waals surface area contributed by atoms with Gasteiger partial charge in [0.1, 0.15) is 0 Å². The number of benzene rings is 1. The molecule has 2 rings (SSSR count). The number of hydrogen-bond donors (Lipinski definition) is 1. The van der Waals surface area contributed by atoms with Crippen LogP contribution in [-0.4, -0.2) is 11.1 Å². The highest BCUT2D eigenvalue weighted by molar-refractivity contribution is 7.17. The van der Waals surface area contributed by atoms with Crippen molar-refractivity contribution in [1.82, 2.24) is 0 Å². The summed E-state index contributed by atoms with van der Waals surface area (Å²) in [4.78, 5) is 10.6. The van der Waals surface area contributed by atoms with E-state index >= 15 is 0 Å². The van der Waals surface area contributed by atoms with Crippen LogP contribution in [0.5, 0.6) is 0 Å². The molecule has 17 heavy (non-hydrogen) atoms. The fourth-order valence-corrected chi connectivity index (χ4v) is 2.56. The van der Waals surface area contributed by atoms with E-state index in [2.05, 4.69) is 0 Å². The molecule has 1 aromatic carbocycles. The number of carboxylic acid groups (broad SMARTS) is 1. The average molecular weight is 260 g/mol. The molecule has 0 saturated carbocycles. The van der Waals surface area contributed by atoms with Crippen LogP contribution in [0.3, 0.4) is 0 Å². The summed E-state index contributed by atoms with van der Waals surface area (Å²) in [5.41, 5.74) is -0.167. The van der Waals surface area contributed by atoms with Gasteiger partial charge >= 0.3 is 12.1 Å². The zero-order valence-electron chi connectivity index (χ0n) is 8.41. The molecule has 0 aliphatic heterocycles. The summed E-state index contributed by atoms with van der Waals surface area (Å²) in [5.74, 6) is -0.996. The SMILES string of the molecule is O=C(O)Cc1csc2cc(C(F)(F)F)ccc12. The van der Waals surface area contributed by atoms with E-state index in [1.54, 1.807) is 5.38 Å². The fourth-order valence-electron chi connectivity index (χ4n) is 1.56. The third-order valence-electron chi connectivity index (χ3n) is 2.32. The molecule has 2 aromatic rings. The predicted molar refractivity (Wildman–Crippen MR) is 58.2 cm³/mol. The molecule has 0 aliphatic rings. The van der Waals surface area contributed by atoms with Crippen LogP contribution in [0, 0.1) is 0 Å². The highest BCUT2D eigenvalue weighted by Gasteiger charge is 2.30. The topological polar surface area (TPSA) is 37.3 Å². The van der Waals surface area contributed by atoms with Gasteiger partial charge in [0, 0.05) is 4.70 Å². The zero-order valence-corrected chi connectivity index (χ0v) is 9.23. The molecule has 0 spiro atoms. The second-order valence-electron chi connectivity index (χ2n) is 3.54. The van der Waals surface area contributed by atoms with Crippen LogP contribution in [0.1, 0.15) is 11.1 Å². The number of thiophene rings is 1. The van der Waals surface area contributed by atoms with Crippen LogP contribution in [0.2, 0.25) is 0 Å². The van der Waals surface area contributed by atoms with Crippen molar-refractivity contribution in [1.29, 1.82) is 0 Å². The lowest BCUT2D eigenvalue weighted by Gasteiger charge is -2.06. The number of aliphatic carboxylic acids is 1. The second-order valence-corrected chi connectivity index (χ2v) is 4.45. The van der Waals surface area contributed by atoms with Gasteiger partial charge in [-0.25, -0.2) is 0 Å². The third-order valence-corrected chi connectivity index (χ3v) is 3.32. The van der Waals surface area contributed by atoms with E-state index in [0.29, 0.717) is 15.6 Å². The summed E-state index contributed by atoms with van der Waals surface area (Å²) in [6, 6.07) is 3.35. The molecular formula is C11H7F3O2S. The van der Waals surface area contributed by atoms with Gasteiger partial charge in [0.25, 0.3) is 0 Å². The first-order valence-electron chi connectivity index (χ1n) is 4.67. The maximum absolute atomic E-state index is 12.4. The first-order chi connectivity index (χ1) is 7.88. The molecule has 1 N–H and O–H groups in total. The third kappa shape index (κ3) is 2.41. The Kier molecular flexibility index (Phi) is 2.82. The maximum atomic E-state index is 12.4. The van der Waals surface area contributed by atoms with Gasteiger partial charge in [-0.1, -0.05) is 6.07 Å². The molecule has 1 heterocycles. The Balaban J connectivity index is 2.48. The summed E-state index contributed by atoms with van der Waals surface area (Å²) in [7, 11) is 0. The smallest absolute Gasteiger partial charge is 0.416 e. The molecule has 0 bridgehead atoms. The lowest BCUT2D eigenvalue weighted by atomic mass is 10.1. The Morgan fingerprint density at radius 1 is 1.35 bits per heavy atom. The van der Waals surface area contributed by atoms with E-state index in [4.69, 9.17) is 5.11 Å². The molecule has 0 unspecified atom stereocenters. The quantitative estimate of drug-likeness (QED) is 0.896. The van der Waals surface area contributed by atoms with Crippen LogP contribution < -0.4 is 0 Å². The van der Waals surface area contributed by atoms with Gasteiger partial charge in [0.15, 0.2) is 0 Å². The molecule has 0 aliphatic carbocycles. The molecule has 0 atom stereocenters. The predicted octanol–water partition coefficient (Wildman–Crippen LogP) is 3.55. The van der Waals surface area contributed by atoms with E-state index in [0.717, 1.165) is 23.5 Å². The average Bonchev–Trinajstić information content (AvgIpc) is 2.59. The van der Waals surface area contributed by atoms with E-state index in [9.17, 15) is 18.0 Å². The summed E-state index contributed by atoms with van der Waals surface area (Å²) >= 11 is 1.12. The largest absolute Gasteiger partial charge is 0.481 e. The van der Waals surface area contributed by atoms with Crippen molar-refractivity contribution in [3.63, 3.8) is 0 Å². The monoisotopic (exact) mass is 260 g/mol. The van der Waals surface area contributed by atoms with Gasteiger partial charge in [-0.15, -0.1) is 11.3 Å². The minimum Gasteiger partial charge on any atom is -0.481 e. The number of alkyl halides is 3. The van der Waals surface area contributed by atoms with Crippen LogP contribution in [0.4, 0.5) is 13.2 Å². The molecule has 0 radical (unpaired) electrons. The minimum atomic E-state index is -4.37. The number of carbonyl (C=O) groups is 1. The van der Waals surface area contributed by atoms with Crippen molar-refractivity contribution in [3.05, 3.63) is 34.7 Å². The normalized spacial score (nSPS) is 11.9. The highest BCUT2D eigenvalue weighted by atomic mass is 32.1. The Hall–Kier alpha value is -1.56. The first kappa shape index (κ1) is 11.9.